The molecule has 0 unspecified atom stereocenters. The van der Waals surface area contributed by atoms with Crippen LogP contribution >= 0.6 is 19.8 Å². The normalized spacial score (nSPS) is 32.3. The first-order valence-electron chi connectivity index (χ1n) is 12.6. The van der Waals surface area contributed by atoms with Gasteiger partial charge >= 0.3 is 7.60 Å². The molecule has 2 saturated carbocycles. The summed E-state index contributed by atoms with van der Waals surface area (Å²) in [7, 11) is -3.20. The van der Waals surface area contributed by atoms with Crippen LogP contribution in [0.25, 0.3) is 0 Å². The van der Waals surface area contributed by atoms with E-state index in [0.29, 0.717) is 48.2 Å². The second kappa shape index (κ2) is 13.0. The second-order valence-corrected chi connectivity index (χ2v) is 13.2. The molecule has 0 bridgehead atoms. The molecule has 6 atom stereocenters. The highest BCUT2D eigenvalue weighted by molar-refractivity contribution is 7.78. The lowest BCUT2D eigenvalue weighted by molar-refractivity contribution is -0.00350. The molecule has 0 aromatic heterocycles. The molecule has 2 rings (SSSR count). The van der Waals surface area contributed by atoms with E-state index in [1.807, 2.05) is 0 Å². The van der Waals surface area contributed by atoms with Gasteiger partial charge in [0.05, 0.1) is 23.5 Å². The number of rotatable bonds is 11. The lowest BCUT2D eigenvalue weighted by atomic mass is 9.75. The molecule has 2 aliphatic carbocycles. The Morgan fingerprint density at radius 2 is 1.39 bits per heavy atom. The van der Waals surface area contributed by atoms with Crippen LogP contribution in [0.4, 0.5) is 0 Å². The Morgan fingerprint density at radius 3 is 1.81 bits per heavy atom. The topological polar surface area (TPSA) is 47.9 Å². The number of nitrogens with zero attached hydrogens (tertiary/aromatic N) is 1. The van der Waals surface area contributed by atoms with Gasteiger partial charge in [-0.1, -0.05) is 54.4 Å². The number of aliphatic imine (C=N–C) groups is 1. The molecule has 2 aliphatic rings. The van der Waals surface area contributed by atoms with Crippen LogP contribution < -0.4 is 0 Å². The number of hydrogen-bond acceptors (Lipinski definition) is 5. The zero-order chi connectivity index (χ0) is 23.0. The Kier molecular flexibility index (Phi) is 11.4. The number of thiocarbonyl (C=S) groups is 1. The third-order valence-electron chi connectivity index (χ3n) is 7.53. The summed E-state index contributed by atoms with van der Waals surface area (Å²) in [6.07, 6.45) is 8.91. The van der Waals surface area contributed by atoms with E-state index in [2.05, 4.69) is 63.9 Å². The third kappa shape index (κ3) is 8.67. The quantitative estimate of drug-likeness (QED) is 0.132. The summed E-state index contributed by atoms with van der Waals surface area (Å²) in [4.78, 5) is 4.01. The van der Waals surface area contributed by atoms with Gasteiger partial charge in [0.15, 0.2) is 0 Å². The van der Waals surface area contributed by atoms with Crippen molar-refractivity contribution in [1.82, 2.24) is 0 Å². The summed E-state index contributed by atoms with van der Waals surface area (Å²) in [5, 5.41) is 2.42. The SMILES string of the molecule is CC(C)[C@@H]1CC[C@@H](C)C[C@H]1OP(=O)(CCCCN=C=S)O[C@@H]1C[C@H](C)CC[C@H]1C(C)C. The Labute approximate surface area is 196 Å². The lowest BCUT2D eigenvalue weighted by Crippen LogP contribution is -2.36. The second-order valence-electron chi connectivity index (χ2n) is 11.0. The van der Waals surface area contributed by atoms with E-state index >= 15 is 0 Å². The Balaban J connectivity index is 2.18. The molecular weight excluding hydrogens is 425 g/mol. The monoisotopic (exact) mass is 471 g/mol. The summed E-state index contributed by atoms with van der Waals surface area (Å²) >= 11 is 4.67. The molecule has 31 heavy (non-hydrogen) atoms. The molecular formula is C25H46NO3PS. The number of hydrogen-bond donors (Lipinski definition) is 0. The van der Waals surface area contributed by atoms with Gasteiger partial charge in [-0.25, -0.2) is 4.99 Å². The predicted molar refractivity (Wildman–Crippen MR) is 134 cm³/mol. The zero-order valence-corrected chi connectivity index (χ0v) is 22.4. The standard InChI is InChI=1S/C25H46NO3PS/c1-18(2)22-11-9-20(5)15-24(22)28-30(27,14-8-7-13-26-17-31)29-25-16-21(6)10-12-23(25)19(3)4/h18-25H,7-16H2,1-6H3/t20-,21-,22+,23+,24-,25-/m1/s1. The van der Waals surface area contributed by atoms with Gasteiger partial charge in [0.1, 0.15) is 0 Å². The molecule has 2 fully saturated rings. The highest BCUT2D eigenvalue weighted by atomic mass is 32.1. The first kappa shape index (κ1) is 27.2. The highest BCUT2D eigenvalue weighted by Crippen LogP contribution is 2.56. The first-order valence-corrected chi connectivity index (χ1v) is 14.8. The van der Waals surface area contributed by atoms with E-state index in [-0.39, 0.29) is 12.2 Å². The fourth-order valence-electron chi connectivity index (χ4n) is 5.56. The van der Waals surface area contributed by atoms with Crippen LogP contribution in [-0.2, 0) is 13.6 Å². The molecule has 4 nitrogen and oxygen atoms in total. The summed E-state index contributed by atoms with van der Waals surface area (Å²) in [6.45, 7) is 14.3. The Bertz CT molecular complexity index is 596. The van der Waals surface area contributed by atoms with Gasteiger partial charge in [0.2, 0.25) is 0 Å². The predicted octanol–water partition coefficient (Wildman–Crippen LogP) is 8.02. The fraction of sp³-hybridized carbons (Fsp3) is 0.960. The maximum atomic E-state index is 14.2. The van der Waals surface area contributed by atoms with Gasteiger partial charge in [0, 0.05) is 6.54 Å². The Hall–Kier alpha value is -0.0500. The fourth-order valence-corrected chi connectivity index (χ4v) is 7.83. The van der Waals surface area contributed by atoms with E-state index in [1.165, 1.54) is 12.8 Å². The average molecular weight is 472 g/mol. The molecule has 0 spiro atoms. The van der Waals surface area contributed by atoms with Crippen molar-refractivity contribution >= 4 is 25.0 Å². The van der Waals surface area contributed by atoms with Crippen molar-refractivity contribution in [2.24, 2.45) is 40.5 Å². The summed E-state index contributed by atoms with van der Waals surface area (Å²) in [5.74, 6) is 3.20. The Morgan fingerprint density at radius 1 is 0.903 bits per heavy atom. The minimum Gasteiger partial charge on any atom is -0.305 e. The summed E-state index contributed by atoms with van der Waals surface area (Å²) < 4.78 is 27.3. The largest absolute Gasteiger partial charge is 0.331 e. The first-order chi connectivity index (χ1) is 14.6. The average Bonchev–Trinajstić information content (AvgIpc) is 2.67. The van der Waals surface area contributed by atoms with Gasteiger partial charge < -0.3 is 9.05 Å². The summed E-state index contributed by atoms with van der Waals surface area (Å²) in [5.41, 5.74) is 0. The minimum absolute atomic E-state index is 0.0343. The van der Waals surface area contributed by atoms with Crippen LogP contribution in [0.3, 0.4) is 0 Å². The van der Waals surface area contributed by atoms with Gasteiger partial charge in [-0.3, -0.25) is 4.57 Å². The molecule has 0 amide bonds. The van der Waals surface area contributed by atoms with Crippen LogP contribution in [-0.4, -0.2) is 30.1 Å². The lowest BCUT2D eigenvalue weighted by Gasteiger charge is -2.42. The molecule has 6 heteroatoms. The molecule has 0 radical (unpaired) electrons. The molecule has 0 N–H and O–H groups in total. The smallest absolute Gasteiger partial charge is 0.305 e. The van der Waals surface area contributed by atoms with Crippen molar-refractivity contribution in [2.45, 2.75) is 105 Å². The van der Waals surface area contributed by atoms with Crippen LogP contribution in [0.2, 0.25) is 0 Å². The zero-order valence-electron chi connectivity index (χ0n) is 20.7. The van der Waals surface area contributed by atoms with E-state index in [9.17, 15) is 4.57 Å². The summed E-state index contributed by atoms with van der Waals surface area (Å²) in [6, 6.07) is 0. The molecule has 0 aromatic rings. The van der Waals surface area contributed by atoms with Crippen LogP contribution in [0.5, 0.6) is 0 Å². The van der Waals surface area contributed by atoms with Crippen LogP contribution in [0.15, 0.2) is 4.99 Å². The minimum atomic E-state index is -3.20. The van der Waals surface area contributed by atoms with E-state index in [0.717, 1.165) is 38.5 Å². The number of unbranched alkanes of at least 4 members (excludes halogenated alkanes) is 1. The van der Waals surface area contributed by atoms with Crippen molar-refractivity contribution in [3.8, 4) is 0 Å². The van der Waals surface area contributed by atoms with Gasteiger partial charge in [-0.2, -0.15) is 0 Å². The molecule has 0 saturated heterocycles. The third-order valence-corrected chi connectivity index (χ3v) is 9.71. The molecule has 0 aromatic carbocycles. The number of isothiocyanates is 1. The highest BCUT2D eigenvalue weighted by Gasteiger charge is 2.41. The maximum Gasteiger partial charge on any atom is 0.331 e. The molecule has 0 heterocycles. The van der Waals surface area contributed by atoms with Crippen molar-refractivity contribution in [3.63, 3.8) is 0 Å². The molecule has 180 valence electrons. The van der Waals surface area contributed by atoms with Crippen LogP contribution in [0, 0.1) is 35.5 Å². The van der Waals surface area contributed by atoms with Crippen LogP contribution in [0.1, 0.15) is 92.9 Å². The van der Waals surface area contributed by atoms with Gasteiger partial charge in [-0.15, -0.1) is 0 Å². The van der Waals surface area contributed by atoms with E-state index < -0.39 is 7.60 Å². The van der Waals surface area contributed by atoms with E-state index in [1.54, 1.807) is 0 Å². The maximum absolute atomic E-state index is 14.2. The van der Waals surface area contributed by atoms with E-state index in [4.69, 9.17) is 9.05 Å². The van der Waals surface area contributed by atoms with Crippen molar-refractivity contribution in [1.29, 1.82) is 0 Å². The van der Waals surface area contributed by atoms with Gasteiger partial charge in [-0.05, 0) is 86.3 Å². The van der Waals surface area contributed by atoms with Crippen molar-refractivity contribution in [3.05, 3.63) is 0 Å². The van der Waals surface area contributed by atoms with Crippen molar-refractivity contribution in [2.75, 3.05) is 12.7 Å². The van der Waals surface area contributed by atoms with Crippen molar-refractivity contribution < 1.29 is 13.6 Å². The molecule has 0 aliphatic heterocycles. The van der Waals surface area contributed by atoms with Gasteiger partial charge in [0.25, 0.3) is 0 Å².